The van der Waals surface area contributed by atoms with E-state index in [9.17, 15) is 4.79 Å². The van der Waals surface area contributed by atoms with Gasteiger partial charge in [0, 0.05) is 38.4 Å². The molecule has 1 unspecified atom stereocenters. The van der Waals surface area contributed by atoms with Crippen LogP contribution in [0.5, 0.6) is 0 Å². The molecular weight excluding hydrogens is 304 g/mol. The van der Waals surface area contributed by atoms with Gasteiger partial charge in [-0.2, -0.15) is 5.10 Å². The number of furan rings is 1. The quantitative estimate of drug-likeness (QED) is 0.914. The maximum atomic E-state index is 12.0. The van der Waals surface area contributed by atoms with Crippen LogP contribution in [0.3, 0.4) is 0 Å². The van der Waals surface area contributed by atoms with E-state index in [4.69, 9.17) is 4.42 Å². The number of amides is 1. The standard InChI is InChI=1S/C18H24N4O2/c23-18(17-5-2-10-24-17)19-8-6-14-11-21(15-3-1-4-15)13-16-7-9-20-22(16)12-14/h2,5,7,9-10,14-15H,1,3-4,6,8,11-13H2,(H,19,23). The largest absolute Gasteiger partial charge is 0.459 e. The molecule has 1 amide bonds. The second kappa shape index (κ2) is 6.81. The van der Waals surface area contributed by atoms with Crippen molar-refractivity contribution in [2.45, 2.75) is 44.8 Å². The summed E-state index contributed by atoms with van der Waals surface area (Å²) < 4.78 is 7.27. The molecule has 0 saturated heterocycles. The Hall–Kier alpha value is -2.08. The maximum absolute atomic E-state index is 12.0. The molecule has 1 saturated carbocycles. The highest BCUT2D eigenvalue weighted by Gasteiger charge is 2.30. The van der Waals surface area contributed by atoms with Gasteiger partial charge < -0.3 is 9.73 Å². The number of hydrogen-bond acceptors (Lipinski definition) is 4. The Morgan fingerprint density at radius 2 is 2.25 bits per heavy atom. The van der Waals surface area contributed by atoms with Crippen molar-refractivity contribution in [3.05, 3.63) is 42.1 Å². The lowest BCUT2D eigenvalue weighted by atomic mass is 9.90. The third-order valence-electron chi connectivity index (χ3n) is 5.27. The molecule has 2 aromatic rings. The molecule has 2 aliphatic rings. The molecule has 0 bridgehead atoms. The van der Waals surface area contributed by atoms with Crippen LogP contribution in [0.4, 0.5) is 0 Å². The Labute approximate surface area is 141 Å². The number of carbonyl (C=O) groups excluding carboxylic acids is 1. The smallest absolute Gasteiger partial charge is 0.286 e. The molecule has 1 atom stereocenters. The fourth-order valence-corrected chi connectivity index (χ4v) is 3.66. The van der Waals surface area contributed by atoms with Gasteiger partial charge in [0.2, 0.25) is 0 Å². The lowest BCUT2D eigenvalue weighted by molar-refractivity contribution is 0.0907. The van der Waals surface area contributed by atoms with Crippen LogP contribution >= 0.6 is 0 Å². The van der Waals surface area contributed by atoms with Gasteiger partial charge in [0.15, 0.2) is 5.76 Å². The minimum absolute atomic E-state index is 0.135. The SMILES string of the molecule is O=C(NCCC1CN(C2CCC2)Cc2ccnn2C1)c1ccco1. The van der Waals surface area contributed by atoms with Gasteiger partial charge in [-0.05, 0) is 43.4 Å². The predicted octanol–water partition coefficient (Wildman–Crippen LogP) is 2.28. The van der Waals surface area contributed by atoms with Crippen LogP contribution in [0.15, 0.2) is 35.1 Å². The van der Waals surface area contributed by atoms with Crippen LogP contribution in [0.2, 0.25) is 0 Å². The zero-order valence-corrected chi connectivity index (χ0v) is 13.9. The average Bonchev–Trinajstić information content (AvgIpc) is 3.15. The molecule has 1 aliphatic heterocycles. The van der Waals surface area contributed by atoms with Crippen molar-refractivity contribution >= 4 is 5.91 Å². The zero-order valence-electron chi connectivity index (χ0n) is 13.9. The van der Waals surface area contributed by atoms with E-state index >= 15 is 0 Å². The molecule has 3 heterocycles. The first-order chi connectivity index (χ1) is 11.8. The first-order valence-corrected chi connectivity index (χ1v) is 8.86. The summed E-state index contributed by atoms with van der Waals surface area (Å²) in [6.07, 6.45) is 8.36. The van der Waals surface area contributed by atoms with Crippen molar-refractivity contribution in [1.82, 2.24) is 20.0 Å². The van der Waals surface area contributed by atoms with E-state index in [2.05, 4.69) is 26.1 Å². The summed E-state index contributed by atoms with van der Waals surface area (Å²) in [5.74, 6) is 0.745. The minimum atomic E-state index is -0.135. The molecule has 24 heavy (non-hydrogen) atoms. The van der Waals surface area contributed by atoms with Gasteiger partial charge in [0.05, 0.1) is 12.0 Å². The zero-order chi connectivity index (χ0) is 16.4. The number of nitrogens with zero attached hydrogens (tertiary/aromatic N) is 3. The molecule has 0 radical (unpaired) electrons. The minimum Gasteiger partial charge on any atom is -0.459 e. The third kappa shape index (κ3) is 3.24. The van der Waals surface area contributed by atoms with Crippen LogP contribution in [-0.2, 0) is 13.1 Å². The molecule has 1 aliphatic carbocycles. The Kier molecular flexibility index (Phi) is 4.38. The third-order valence-corrected chi connectivity index (χ3v) is 5.27. The number of carbonyl (C=O) groups is 1. The summed E-state index contributed by atoms with van der Waals surface area (Å²) in [6.45, 7) is 3.69. The first kappa shape index (κ1) is 15.4. The number of nitrogens with one attached hydrogen (secondary N) is 1. The Balaban J connectivity index is 1.36. The van der Waals surface area contributed by atoms with Crippen LogP contribution in [0.1, 0.15) is 41.9 Å². The van der Waals surface area contributed by atoms with Crippen molar-refractivity contribution in [1.29, 1.82) is 0 Å². The average molecular weight is 328 g/mol. The monoisotopic (exact) mass is 328 g/mol. The molecule has 4 rings (SSSR count). The number of hydrogen-bond donors (Lipinski definition) is 1. The van der Waals surface area contributed by atoms with Crippen molar-refractivity contribution in [3.8, 4) is 0 Å². The van der Waals surface area contributed by atoms with Crippen molar-refractivity contribution in [2.24, 2.45) is 5.92 Å². The molecule has 0 aromatic carbocycles. The molecule has 6 nitrogen and oxygen atoms in total. The fraction of sp³-hybridized carbons (Fsp3) is 0.556. The van der Waals surface area contributed by atoms with Gasteiger partial charge >= 0.3 is 0 Å². The van der Waals surface area contributed by atoms with E-state index in [1.165, 1.54) is 31.2 Å². The highest BCUT2D eigenvalue weighted by Crippen LogP contribution is 2.29. The summed E-state index contributed by atoms with van der Waals surface area (Å²) in [5.41, 5.74) is 1.31. The van der Waals surface area contributed by atoms with Crippen LogP contribution in [0, 0.1) is 5.92 Å². The summed E-state index contributed by atoms with van der Waals surface area (Å²) in [5, 5.41) is 7.44. The van der Waals surface area contributed by atoms with E-state index in [0.29, 0.717) is 18.2 Å². The molecular formula is C18H24N4O2. The lowest BCUT2D eigenvalue weighted by Crippen LogP contribution is -2.42. The molecule has 128 valence electrons. The van der Waals surface area contributed by atoms with Gasteiger partial charge in [-0.15, -0.1) is 0 Å². The van der Waals surface area contributed by atoms with Gasteiger partial charge in [0.1, 0.15) is 0 Å². The Bertz CT molecular complexity index is 675. The van der Waals surface area contributed by atoms with E-state index in [1.807, 2.05) is 6.20 Å². The summed E-state index contributed by atoms with van der Waals surface area (Å²) in [6, 6.07) is 6.28. The summed E-state index contributed by atoms with van der Waals surface area (Å²) >= 11 is 0. The lowest BCUT2D eigenvalue weighted by Gasteiger charge is -2.38. The highest BCUT2D eigenvalue weighted by molar-refractivity contribution is 5.91. The molecule has 6 heteroatoms. The van der Waals surface area contributed by atoms with Gasteiger partial charge in [-0.3, -0.25) is 14.4 Å². The number of rotatable bonds is 5. The van der Waals surface area contributed by atoms with Gasteiger partial charge in [-0.1, -0.05) is 6.42 Å². The maximum Gasteiger partial charge on any atom is 0.286 e. The van der Waals surface area contributed by atoms with E-state index in [1.54, 1.807) is 12.1 Å². The van der Waals surface area contributed by atoms with Crippen molar-refractivity contribution < 1.29 is 9.21 Å². The van der Waals surface area contributed by atoms with Crippen molar-refractivity contribution in [3.63, 3.8) is 0 Å². The van der Waals surface area contributed by atoms with Gasteiger partial charge in [-0.25, -0.2) is 0 Å². The molecule has 1 fully saturated rings. The molecule has 2 aromatic heterocycles. The Morgan fingerprint density at radius 3 is 3.00 bits per heavy atom. The topological polar surface area (TPSA) is 63.3 Å². The van der Waals surface area contributed by atoms with Gasteiger partial charge in [0.25, 0.3) is 5.91 Å². The van der Waals surface area contributed by atoms with Crippen LogP contribution in [-0.4, -0.2) is 39.7 Å². The molecule has 0 spiro atoms. The van der Waals surface area contributed by atoms with Crippen LogP contribution in [0.25, 0.3) is 0 Å². The normalized spacial score (nSPS) is 21.8. The second-order valence-corrected chi connectivity index (χ2v) is 6.91. The summed E-state index contributed by atoms with van der Waals surface area (Å²) in [7, 11) is 0. The fourth-order valence-electron chi connectivity index (χ4n) is 3.66. The Morgan fingerprint density at radius 1 is 1.33 bits per heavy atom. The summed E-state index contributed by atoms with van der Waals surface area (Å²) in [4.78, 5) is 14.6. The number of fused-ring (bicyclic) bond motifs is 1. The van der Waals surface area contributed by atoms with Crippen LogP contribution < -0.4 is 5.32 Å². The number of aromatic nitrogens is 2. The predicted molar refractivity (Wildman–Crippen MR) is 89.4 cm³/mol. The highest BCUT2D eigenvalue weighted by atomic mass is 16.3. The van der Waals surface area contributed by atoms with E-state index < -0.39 is 0 Å². The first-order valence-electron chi connectivity index (χ1n) is 8.86. The van der Waals surface area contributed by atoms with E-state index in [-0.39, 0.29) is 5.91 Å². The van der Waals surface area contributed by atoms with E-state index in [0.717, 1.165) is 32.1 Å². The molecule has 1 N–H and O–H groups in total. The van der Waals surface area contributed by atoms with Crippen molar-refractivity contribution in [2.75, 3.05) is 13.1 Å². The second-order valence-electron chi connectivity index (χ2n) is 6.91.